The van der Waals surface area contributed by atoms with Crippen LogP contribution >= 0.6 is 0 Å². The lowest BCUT2D eigenvalue weighted by Gasteiger charge is -1.99. The summed E-state index contributed by atoms with van der Waals surface area (Å²) >= 11 is 0. The maximum absolute atomic E-state index is 10.3. The van der Waals surface area contributed by atoms with Crippen LogP contribution in [0.4, 0.5) is 5.82 Å². The van der Waals surface area contributed by atoms with Gasteiger partial charge in [-0.2, -0.15) is 10.4 Å². The van der Waals surface area contributed by atoms with Gasteiger partial charge in [-0.05, 0) is 0 Å². The zero-order valence-corrected chi connectivity index (χ0v) is 6.77. The predicted molar refractivity (Wildman–Crippen MR) is 43.6 cm³/mol. The molecule has 0 radical (unpaired) electrons. The minimum Gasteiger partial charge on any atom is -0.480 e. The molecule has 1 aromatic rings. The first-order valence-corrected chi connectivity index (χ1v) is 3.54. The summed E-state index contributed by atoms with van der Waals surface area (Å²) in [6.07, 6.45) is 1.55. The third kappa shape index (κ3) is 1.96. The molecule has 13 heavy (non-hydrogen) atoms. The molecule has 3 N–H and O–H groups in total. The molecular formula is C7H8N4O2. The lowest BCUT2D eigenvalue weighted by molar-refractivity contribution is -0.137. The first-order valence-electron chi connectivity index (χ1n) is 3.54. The van der Waals surface area contributed by atoms with Gasteiger partial charge in [-0.3, -0.25) is 4.79 Å². The quantitative estimate of drug-likeness (QED) is 0.659. The number of aliphatic carboxylic acids is 1. The number of carboxylic acid groups (broad SMARTS) is 1. The number of nitriles is 1. The topological polar surface area (TPSA) is 105 Å². The summed E-state index contributed by atoms with van der Waals surface area (Å²) < 4.78 is 1.15. The number of rotatable bonds is 3. The lowest BCUT2D eigenvalue weighted by atomic mass is 10.2. The van der Waals surface area contributed by atoms with Gasteiger partial charge in [0.25, 0.3) is 0 Å². The summed E-state index contributed by atoms with van der Waals surface area (Å²) in [4.78, 5) is 10.3. The van der Waals surface area contributed by atoms with E-state index in [0.29, 0.717) is 5.56 Å². The average molecular weight is 180 g/mol. The standard InChI is InChI=1S/C7H8N4O2/c8-2-1-5-3-10-11(7(5)9)4-6(12)13/h3H,1,4,9H2,(H,12,13). The van der Waals surface area contributed by atoms with Crippen molar-refractivity contribution in [2.24, 2.45) is 0 Å². The smallest absolute Gasteiger partial charge is 0.325 e. The largest absolute Gasteiger partial charge is 0.480 e. The molecule has 0 amide bonds. The Hall–Kier alpha value is -2.03. The van der Waals surface area contributed by atoms with E-state index in [2.05, 4.69) is 5.10 Å². The number of carbonyl (C=O) groups is 1. The van der Waals surface area contributed by atoms with Gasteiger partial charge in [0, 0.05) is 5.56 Å². The molecule has 0 aliphatic rings. The van der Waals surface area contributed by atoms with Crippen molar-refractivity contribution in [3.63, 3.8) is 0 Å². The zero-order chi connectivity index (χ0) is 9.84. The lowest BCUT2D eigenvalue weighted by Crippen LogP contribution is -2.12. The molecule has 1 heterocycles. The Labute approximate surface area is 74.2 Å². The monoisotopic (exact) mass is 180 g/mol. The fourth-order valence-electron chi connectivity index (χ4n) is 0.909. The number of nitrogens with zero attached hydrogens (tertiary/aromatic N) is 3. The number of hydrogen-bond donors (Lipinski definition) is 2. The summed E-state index contributed by atoms with van der Waals surface area (Å²) in [6, 6.07) is 1.91. The van der Waals surface area contributed by atoms with Gasteiger partial charge in [0.15, 0.2) is 0 Å². The third-order valence-corrected chi connectivity index (χ3v) is 1.51. The van der Waals surface area contributed by atoms with Crippen molar-refractivity contribution in [2.45, 2.75) is 13.0 Å². The van der Waals surface area contributed by atoms with Crippen LogP contribution in [0.3, 0.4) is 0 Å². The summed E-state index contributed by atoms with van der Waals surface area (Å²) in [5.41, 5.74) is 6.08. The third-order valence-electron chi connectivity index (χ3n) is 1.51. The minimum absolute atomic E-state index is 0.144. The highest BCUT2D eigenvalue weighted by Crippen LogP contribution is 2.10. The molecule has 0 aromatic carbocycles. The second kappa shape index (κ2) is 3.58. The van der Waals surface area contributed by atoms with Crippen LogP contribution < -0.4 is 5.73 Å². The molecule has 68 valence electrons. The first kappa shape index (κ1) is 9.06. The van der Waals surface area contributed by atoms with Crippen LogP contribution in [0.15, 0.2) is 6.20 Å². The van der Waals surface area contributed by atoms with Crippen LogP contribution in [0.25, 0.3) is 0 Å². The van der Waals surface area contributed by atoms with E-state index in [1.807, 2.05) is 6.07 Å². The molecule has 6 nitrogen and oxygen atoms in total. The van der Waals surface area contributed by atoms with Crippen molar-refractivity contribution in [2.75, 3.05) is 5.73 Å². The van der Waals surface area contributed by atoms with Crippen molar-refractivity contribution >= 4 is 11.8 Å². The summed E-state index contributed by atoms with van der Waals surface area (Å²) in [5.74, 6) is -0.776. The van der Waals surface area contributed by atoms with Crippen molar-refractivity contribution in [3.8, 4) is 6.07 Å². The Morgan fingerprint density at radius 3 is 3.08 bits per heavy atom. The summed E-state index contributed by atoms with van der Waals surface area (Å²) in [5, 5.41) is 20.6. The normalized spacial score (nSPS) is 9.46. The first-order chi connectivity index (χ1) is 6.15. The number of anilines is 1. The Morgan fingerprint density at radius 2 is 2.54 bits per heavy atom. The van der Waals surface area contributed by atoms with Crippen LogP contribution in [0.2, 0.25) is 0 Å². The van der Waals surface area contributed by atoms with E-state index in [1.165, 1.54) is 6.20 Å². The van der Waals surface area contributed by atoms with Crippen molar-refractivity contribution in [3.05, 3.63) is 11.8 Å². The molecule has 0 saturated carbocycles. The Balaban J connectivity index is 2.87. The number of nitrogen functional groups attached to an aromatic ring is 1. The fourth-order valence-corrected chi connectivity index (χ4v) is 0.909. The van der Waals surface area contributed by atoms with Crippen molar-refractivity contribution in [1.29, 1.82) is 5.26 Å². The van der Waals surface area contributed by atoms with Gasteiger partial charge in [0.1, 0.15) is 12.4 Å². The van der Waals surface area contributed by atoms with E-state index in [1.54, 1.807) is 0 Å². The molecule has 0 atom stereocenters. The summed E-state index contributed by atoms with van der Waals surface area (Å²) in [6.45, 7) is -0.280. The molecule has 0 unspecified atom stereocenters. The van der Waals surface area contributed by atoms with Crippen LogP contribution in [0.1, 0.15) is 5.56 Å². The number of carboxylic acids is 1. The maximum atomic E-state index is 10.3. The summed E-state index contributed by atoms with van der Waals surface area (Å²) in [7, 11) is 0. The van der Waals surface area contributed by atoms with Crippen LogP contribution in [0, 0.1) is 11.3 Å². The van der Waals surface area contributed by atoms with Crippen molar-refractivity contribution < 1.29 is 9.90 Å². The molecule has 6 heteroatoms. The van der Waals surface area contributed by atoms with Crippen LogP contribution in [-0.4, -0.2) is 20.9 Å². The van der Waals surface area contributed by atoms with E-state index < -0.39 is 5.97 Å². The molecule has 1 rings (SSSR count). The molecule has 0 saturated heterocycles. The molecular weight excluding hydrogens is 172 g/mol. The predicted octanol–water partition coefficient (Wildman–Crippen LogP) is -0.384. The molecule has 0 aliphatic carbocycles. The van der Waals surface area contributed by atoms with E-state index >= 15 is 0 Å². The highest BCUT2D eigenvalue weighted by atomic mass is 16.4. The van der Waals surface area contributed by atoms with Gasteiger partial charge in [-0.25, -0.2) is 4.68 Å². The molecule has 0 spiro atoms. The SMILES string of the molecule is N#CCc1cnn(CC(=O)O)c1N. The Bertz CT molecular complexity index is 363. The van der Waals surface area contributed by atoms with Gasteiger partial charge < -0.3 is 10.8 Å². The molecule has 1 aromatic heterocycles. The molecule has 0 aliphatic heterocycles. The Morgan fingerprint density at radius 1 is 1.85 bits per heavy atom. The van der Waals surface area contributed by atoms with Crippen molar-refractivity contribution in [1.82, 2.24) is 9.78 Å². The highest BCUT2D eigenvalue weighted by molar-refractivity contribution is 5.67. The average Bonchev–Trinajstić information content (AvgIpc) is 2.36. The minimum atomic E-state index is -1.02. The second-order valence-electron chi connectivity index (χ2n) is 2.44. The second-order valence-corrected chi connectivity index (χ2v) is 2.44. The zero-order valence-electron chi connectivity index (χ0n) is 6.77. The van der Waals surface area contributed by atoms with E-state index in [0.717, 1.165) is 4.68 Å². The number of aromatic nitrogens is 2. The van der Waals surface area contributed by atoms with Crippen LogP contribution in [-0.2, 0) is 17.8 Å². The van der Waals surface area contributed by atoms with Gasteiger partial charge in [0.2, 0.25) is 0 Å². The van der Waals surface area contributed by atoms with Gasteiger partial charge >= 0.3 is 5.97 Å². The van der Waals surface area contributed by atoms with Gasteiger partial charge in [0.05, 0.1) is 18.7 Å². The van der Waals surface area contributed by atoms with E-state index in [-0.39, 0.29) is 18.8 Å². The highest BCUT2D eigenvalue weighted by Gasteiger charge is 2.08. The van der Waals surface area contributed by atoms with Crippen LogP contribution in [0.5, 0.6) is 0 Å². The number of nitrogens with two attached hydrogens (primary N) is 1. The molecule has 0 bridgehead atoms. The maximum Gasteiger partial charge on any atom is 0.325 e. The van der Waals surface area contributed by atoms with Gasteiger partial charge in [-0.15, -0.1) is 0 Å². The van der Waals surface area contributed by atoms with Gasteiger partial charge in [-0.1, -0.05) is 0 Å². The fraction of sp³-hybridized carbons (Fsp3) is 0.286. The van der Waals surface area contributed by atoms with E-state index in [9.17, 15) is 4.79 Å². The van der Waals surface area contributed by atoms with E-state index in [4.69, 9.17) is 16.1 Å². The number of hydrogen-bond acceptors (Lipinski definition) is 4. The molecule has 0 fully saturated rings. The Kier molecular flexibility index (Phi) is 2.50.